The number of rotatable bonds is 5. The summed E-state index contributed by atoms with van der Waals surface area (Å²) in [6.07, 6.45) is 6.82. The first-order chi connectivity index (χ1) is 13.5. The maximum absolute atomic E-state index is 12.6. The van der Waals surface area contributed by atoms with E-state index < -0.39 is 0 Å². The molecule has 1 aromatic heterocycles. The van der Waals surface area contributed by atoms with Crippen molar-refractivity contribution in [3.8, 4) is 0 Å². The molecular formula is C24H29N2OS+. The predicted octanol–water partition coefficient (Wildman–Crippen LogP) is 6.06. The quantitative estimate of drug-likeness (QED) is 0.524. The minimum Gasteiger partial charge on any atom is -0.322 e. The molecule has 1 N–H and O–H groups in total. The van der Waals surface area contributed by atoms with Crippen LogP contribution in [0.25, 0.3) is 10.1 Å². The maximum Gasteiger partial charge on any atom is 0.265 e. The van der Waals surface area contributed by atoms with Crippen LogP contribution in [-0.4, -0.2) is 30.5 Å². The van der Waals surface area contributed by atoms with Gasteiger partial charge in [0.2, 0.25) is 0 Å². The molecule has 1 amide bonds. The van der Waals surface area contributed by atoms with Crippen LogP contribution in [0.15, 0.2) is 54.6 Å². The molecule has 0 bridgehead atoms. The number of benzene rings is 2. The van der Waals surface area contributed by atoms with Crippen molar-refractivity contribution in [3.05, 3.63) is 65.0 Å². The molecule has 28 heavy (non-hydrogen) atoms. The highest BCUT2D eigenvalue weighted by Gasteiger charge is 2.29. The van der Waals surface area contributed by atoms with Gasteiger partial charge in [0, 0.05) is 16.0 Å². The number of nitrogens with zero attached hydrogens (tertiary/aromatic N) is 1. The average Bonchev–Trinajstić information content (AvgIpc) is 3.14. The van der Waals surface area contributed by atoms with E-state index in [9.17, 15) is 4.79 Å². The highest BCUT2D eigenvalue weighted by molar-refractivity contribution is 7.20. The van der Waals surface area contributed by atoms with Crippen molar-refractivity contribution in [3.63, 3.8) is 0 Å². The summed E-state index contributed by atoms with van der Waals surface area (Å²) >= 11 is 1.54. The van der Waals surface area contributed by atoms with E-state index >= 15 is 0 Å². The molecule has 1 saturated carbocycles. The van der Waals surface area contributed by atoms with Crippen LogP contribution in [0, 0.1) is 0 Å². The zero-order valence-electron chi connectivity index (χ0n) is 16.8. The van der Waals surface area contributed by atoms with E-state index in [-0.39, 0.29) is 5.91 Å². The third kappa shape index (κ3) is 4.29. The Hall–Kier alpha value is -2.17. The number of nitrogens with one attached hydrogen (secondary N) is 1. The summed E-state index contributed by atoms with van der Waals surface area (Å²) in [7, 11) is 4.71. The molecule has 4 rings (SSSR count). The van der Waals surface area contributed by atoms with Gasteiger partial charge in [0.05, 0.1) is 25.0 Å². The molecule has 2 aromatic carbocycles. The van der Waals surface area contributed by atoms with Crippen LogP contribution < -0.4 is 5.32 Å². The summed E-state index contributed by atoms with van der Waals surface area (Å²) in [5.74, 6) is -0.0349. The first-order valence-corrected chi connectivity index (χ1v) is 11.0. The molecule has 0 unspecified atom stereocenters. The molecule has 3 nitrogen and oxygen atoms in total. The molecule has 0 atom stereocenters. The fourth-order valence-corrected chi connectivity index (χ4v) is 5.32. The molecule has 0 saturated heterocycles. The number of anilines is 1. The number of hydrogen-bond acceptors (Lipinski definition) is 2. The SMILES string of the molecule is C[N+](C)(Cc1ccc(NC(=O)c2cc3ccccc3s2)cc1)C1CCCCC1. The molecule has 1 aliphatic rings. The van der Waals surface area contributed by atoms with Crippen LogP contribution in [0.5, 0.6) is 0 Å². The van der Waals surface area contributed by atoms with Gasteiger partial charge in [-0.1, -0.05) is 36.8 Å². The normalized spacial score (nSPS) is 15.6. The minimum atomic E-state index is -0.0349. The smallest absolute Gasteiger partial charge is 0.265 e. The fourth-order valence-electron chi connectivity index (χ4n) is 4.36. The molecule has 1 heterocycles. The van der Waals surface area contributed by atoms with Gasteiger partial charge in [-0.2, -0.15) is 0 Å². The lowest BCUT2D eigenvalue weighted by Crippen LogP contribution is -2.48. The van der Waals surface area contributed by atoms with E-state index in [1.54, 1.807) is 0 Å². The number of hydrogen-bond donors (Lipinski definition) is 1. The number of carbonyl (C=O) groups is 1. The molecule has 1 fully saturated rings. The van der Waals surface area contributed by atoms with E-state index in [4.69, 9.17) is 0 Å². The second kappa shape index (κ2) is 8.06. The Bertz CT molecular complexity index is 919. The number of amides is 1. The van der Waals surface area contributed by atoms with E-state index in [1.165, 1.54) is 49.0 Å². The van der Waals surface area contributed by atoms with Crippen molar-refractivity contribution < 1.29 is 9.28 Å². The Kier molecular flexibility index (Phi) is 5.51. The van der Waals surface area contributed by atoms with Crippen LogP contribution in [0.3, 0.4) is 0 Å². The van der Waals surface area contributed by atoms with Gasteiger partial charge in [-0.15, -0.1) is 11.3 Å². The maximum atomic E-state index is 12.6. The Labute approximate surface area is 171 Å². The molecule has 0 aliphatic heterocycles. The van der Waals surface area contributed by atoms with Gasteiger partial charge in [0.15, 0.2) is 0 Å². The summed E-state index contributed by atoms with van der Waals surface area (Å²) in [4.78, 5) is 13.4. The van der Waals surface area contributed by atoms with Crippen molar-refractivity contribution in [1.29, 1.82) is 0 Å². The molecule has 4 heteroatoms. The van der Waals surface area contributed by atoms with Crippen molar-refractivity contribution in [2.24, 2.45) is 0 Å². The molecule has 0 radical (unpaired) electrons. The summed E-state index contributed by atoms with van der Waals surface area (Å²) < 4.78 is 2.19. The van der Waals surface area contributed by atoms with Gasteiger partial charge in [-0.3, -0.25) is 4.79 Å². The summed E-state index contributed by atoms with van der Waals surface area (Å²) in [6, 6.07) is 19.2. The van der Waals surface area contributed by atoms with E-state index in [2.05, 4.69) is 37.6 Å². The first kappa shape index (κ1) is 19.2. The third-order valence-electron chi connectivity index (χ3n) is 6.01. The fraction of sp³-hybridized carbons (Fsp3) is 0.375. The second-order valence-electron chi connectivity index (χ2n) is 8.53. The first-order valence-electron chi connectivity index (χ1n) is 10.2. The lowest BCUT2D eigenvalue weighted by atomic mass is 9.92. The summed E-state index contributed by atoms with van der Waals surface area (Å²) in [5.41, 5.74) is 2.18. The Morgan fingerprint density at radius 2 is 1.75 bits per heavy atom. The van der Waals surface area contributed by atoms with Crippen LogP contribution in [-0.2, 0) is 6.54 Å². The zero-order chi connectivity index (χ0) is 19.6. The monoisotopic (exact) mass is 393 g/mol. The molecule has 0 spiro atoms. The zero-order valence-corrected chi connectivity index (χ0v) is 17.6. The predicted molar refractivity (Wildman–Crippen MR) is 119 cm³/mol. The lowest BCUT2D eigenvalue weighted by molar-refractivity contribution is -0.929. The largest absolute Gasteiger partial charge is 0.322 e. The number of thiophene rings is 1. The van der Waals surface area contributed by atoms with Crippen LogP contribution in [0.2, 0.25) is 0 Å². The van der Waals surface area contributed by atoms with Gasteiger partial charge in [-0.25, -0.2) is 0 Å². The third-order valence-corrected chi connectivity index (χ3v) is 7.13. The van der Waals surface area contributed by atoms with Gasteiger partial charge >= 0.3 is 0 Å². The number of quaternary nitrogens is 1. The lowest BCUT2D eigenvalue weighted by Gasteiger charge is -2.40. The van der Waals surface area contributed by atoms with Gasteiger partial charge < -0.3 is 9.80 Å². The summed E-state index contributed by atoms with van der Waals surface area (Å²) in [6.45, 7) is 1.04. The van der Waals surface area contributed by atoms with Gasteiger partial charge in [-0.05, 0) is 55.3 Å². The molecule has 3 aromatic rings. The summed E-state index contributed by atoms with van der Waals surface area (Å²) in [5, 5.41) is 4.16. The van der Waals surface area contributed by atoms with Crippen molar-refractivity contribution in [1.82, 2.24) is 0 Å². The van der Waals surface area contributed by atoms with E-state index in [1.807, 2.05) is 36.4 Å². The Morgan fingerprint density at radius 1 is 1.04 bits per heavy atom. The highest BCUT2D eigenvalue weighted by atomic mass is 32.1. The Morgan fingerprint density at radius 3 is 2.46 bits per heavy atom. The number of fused-ring (bicyclic) bond motifs is 1. The standard InChI is InChI=1S/C24H28N2OS/c1-26(2,21-9-4-3-5-10-21)17-18-12-14-20(15-13-18)25-24(27)23-16-19-8-6-7-11-22(19)28-23/h6-8,11-16,21H,3-5,9-10,17H2,1-2H3/p+1. The minimum absolute atomic E-state index is 0.0349. The number of carbonyl (C=O) groups excluding carboxylic acids is 1. The highest BCUT2D eigenvalue weighted by Crippen LogP contribution is 2.28. The molecular weight excluding hydrogens is 364 g/mol. The van der Waals surface area contributed by atoms with Gasteiger partial charge in [0.1, 0.15) is 6.54 Å². The topological polar surface area (TPSA) is 29.1 Å². The van der Waals surface area contributed by atoms with Crippen LogP contribution >= 0.6 is 11.3 Å². The van der Waals surface area contributed by atoms with Crippen molar-refractivity contribution >= 4 is 33.0 Å². The van der Waals surface area contributed by atoms with Crippen LogP contribution in [0.4, 0.5) is 5.69 Å². The molecule has 146 valence electrons. The second-order valence-corrected chi connectivity index (χ2v) is 9.61. The van der Waals surface area contributed by atoms with Crippen molar-refractivity contribution in [2.75, 3.05) is 19.4 Å². The van der Waals surface area contributed by atoms with Crippen LogP contribution in [0.1, 0.15) is 47.3 Å². The average molecular weight is 394 g/mol. The van der Waals surface area contributed by atoms with Gasteiger partial charge in [0.25, 0.3) is 5.91 Å². The van der Waals surface area contributed by atoms with E-state index in [0.29, 0.717) is 0 Å². The van der Waals surface area contributed by atoms with E-state index in [0.717, 1.165) is 37.7 Å². The Balaban J connectivity index is 1.40. The molecule has 1 aliphatic carbocycles. The van der Waals surface area contributed by atoms with Crippen molar-refractivity contribution in [2.45, 2.75) is 44.7 Å².